The molecule has 0 radical (unpaired) electrons. The minimum Gasteiger partial charge on any atom is -0.353 e. The van der Waals surface area contributed by atoms with E-state index in [2.05, 4.69) is 17.3 Å². The lowest BCUT2D eigenvalue weighted by atomic mass is 10.1. The van der Waals surface area contributed by atoms with Gasteiger partial charge in [0.25, 0.3) is 0 Å². The second kappa shape index (κ2) is 3.44. The van der Waals surface area contributed by atoms with Crippen LogP contribution < -0.4 is 5.32 Å². The van der Waals surface area contributed by atoms with Crippen LogP contribution in [-0.4, -0.2) is 21.7 Å². The topological polar surface area (TPSA) is 46.9 Å². The Bertz CT molecular complexity index is 356. The van der Waals surface area contributed by atoms with E-state index in [-0.39, 0.29) is 5.91 Å². The highest BCUT2D eigenvalue weighted by atomic mass is 16.1. The molecule has 1 aromatic heterocycles. The third-order valence-corrected chi connectivity index (χ3v) is 2.89. The van der Waals surface area contributed by atoms with Crippen LogP contribution in [0.15, 0.2) is 6.20 Å². The SMILES string of the molecule is Cc1c(CC2CCC(=O)N2)cnn1C. The largest absolute Gasteiger partial charge is 0.353 e. The second-order valence-corrected chi connectivity index (χ2v) is 3.89. The molecule has 2 heterocycles. The number of hydrogen-bond donors (Lipinski definition) is 1. The summed E-state index contributed by atoms with van der Waals surface area (Å²) in [6.45, 7) is 2.05. The lowest BCUT2D eigenvalue weighted by Gasteiger charge is -2.08. The maximum Gasteiger partial charge on any atom is 0.220 e. The number of nitrogens with zero attached hydrogens (tertiary/aromatic N) is 2. The first-order valence-corrected chi connectivity index (χ1v) is 4.93. The summed E-state index contributed by atoms with van der Waals surface area (Å²) < 4.78 is 1.87. The molecule has 0 bridgehead atoms. The van der Waals surface area contributed by atoms with E-state index in [0.29, 0.717) is 12.5 Å². The van der Waals surface area contributed by atoms with Crippen molar-refractivity contribution in [2.45, 2.75) is 32.2 Å². The third-order valence-electron chi connectivity index (χ3n) is 2.89. The highest BCUT2D eigenvalue weighted by Crippen LogP contribution is 2.14. The zero-order valence-corrected chi connectivity index (χ0v) is 8.58. The summed E-state index contributed by atoms with van der Waals surface area (Å²) in [5.41, 5.74) is 2.42. The number of aryl methyl sites for hydroxylation is 1. The van der Waals surface area contributed by atoms with Crippen molar-refractivity contribution in [3.05, 3.63) is 17.5 Å². The fraction of sp³-hybridized carbons (Fsp3) is 0.600. The molecule has 1 aromatic rings. The van der Waals surface area contributed by atoms with E-state index in [9.17, 15) is 4.79 Å². The average molecular weight is 193 g/mol. The van der Waals surface area contributed by atoms with Crippen LogP contribution in [0.5, 0.6) is 0 Å². The molecule has 1 aliphatic rings. The van der Waals surface area contributed by atoms with Crippen molar-refractivity contribution in [3.8, 4) is 0 Å². The number of aromatic nitrogens is 2. The van der Waals surface area contributed by atoms with Gasteiger partial charge in [-0.1, -0.05) is 0 Å². The van der Waals surface area contributed by atoms with Gasteiger partial charge < -0.3 is 5.32 Å². The summed E-state index contributed by atoms with van der Waals surface area (Å²) in [6.07, 6.45) is 4.42. The Labute approximate surface area is 83.3 Å². The molecule has 1 aliphatic heterocycles. The molecule has 1 amide bonds. The summed E-state index contributed by atoms with van der Waals surface area (Å²) in [4.78, 5) is 11.0. The highest BCUT2D eigenvalue weighted by Gasteiger charge is 2.21. The zero-order valence-electron chi connectivity index (χ0n) is 8.58. The molecule has 0 saturated carbocycles. The van der Waals surface area contributed by atoms with Crippen LogP contribution in [-0.2, 0) is 18.3 Å². The van der Waals surface area contributed by atoms with Gasteiger partial charge in [0.1, 0.15) is 0 Å². The molecule has 1 fully saturated rings. The lowest BCUT2D eigenvalue weighted by Crippen LogP contribution is -2.27. The molecule has 4 heteroatoms. The number of rotatable bonds is 2. The molecule has 14 heavy (non-hydrogen) atoms. The van der Waals surface area contributed by atoms with Crippen LogP contribution in [0.25, 0.3) is 0 Å². The first-order valence-electron chi connectivity index (χ1n) is 4.93. The molecular weight excluding hydrogens is 178 g/mol. The van der Waals surface area contributed by atoms with Gasteiger partial charge in [-0.15, -0.1) is 0 Å². The zero-order chi connectivity index (χ0) is 10.1. The van der Waals surface area contributed by atoms with Crippen LogP contribution >= 0.6 is 0 Å². The fourth-order valence-electron chi connectivity index (χ4n) is 1.84. The third kappa shape index (κ3) is 1.64. The molecule has 1 unspecified atom stereocenters. The molecule has 1 saturated heterocycles. The number of nitrogens with one attached hydrogen (secondary N) is 1. The van der Waals surface area contributed by atoms with Crippen LogP contribution in [0.3, 0.4) is 0 Å². The van der Waals surface area contributed by atoms with Gasteiger partial charge in [0.2, 0.25) is 5.91 Å². The smallest absolute Gasteiger partial charge is 0.220 e. The van der Waals surface area contributed by atoms with Crippen molar-refractivity contribution < 1.29 is 4.79 Å². The first kappa shape index (κ1) is 9.24. The van der Waals surface area contributed by atoms with E-state index >= 15 is 0 Å². The van der Waals surface area contributed by atoms with E-state index < -0.39 is 0 Å². The average Bonchev–Trinajstić information content (AvgIpc) is 2.67. The summed E-state index contributed by atoms with van der Waals surface area (Å²) in [5.74, 6) is 0.177. The van der Waals surface area contributed by atoms with Crippen molar-refractivity contribution in [1.82, 2.24) is 15.1 Å². The van der Waals surface area contributed by atoms with E-state index in [1.807, 2.05) is 17.9 Å². The van der Waals surface area contributed by atoms with Gasteiger partial charge in [-0.3, -0.25) is 9.48 Å². The molecule has 0 spiro atoms. The Kier molecular flexibility index (Phi) is 2.27. The Morgan fingerprint density at radius 3 is 3.00 bits per heavy atom. The minimum atomic E-state index is 0.177. The van der Waals surface area contributed by atoms with Crippen molar-refractivity contribution in [2.24, 2.45) is 7.05 Å². The molecule has 0 aromatic carbocycles. The van der Waals surface area contributed by atoms with Crippen molar-refractivity contribution >= 4 is 5.91 Å². The quantitative estimate of drug-likeness (QED) is 0.745. The summed E-state index contributed by atoms with van der Waals surface area (Å²) in [5, 5.41) is 7.14. The second-order valence-electron chi connectivity index (χ2n) is 3.89. The number of amides is 1. The Morgan fingerprint density at radius 1 is 1.71 bits per heavy atom. The lowest BCUT2D eigenvalue weighted by molar-refractivity contribution is -0.119. The summed E-state index contributed by atoms with van der Waals surface area (Å²) >= 11 is 0. The van der Waals surface area contributed by atoms with Crippen molar-refractivity contribution in [2.75, 3.05) is 0 Å². The van der Waals surface area contributed by atoms with E-state index in [4.69, 9.17) is 0 Å². The van der Waals surface area contributed by atoms with Crippen LogP contribution in [0.1, 0.15) is 24.1 Å². The Balaban J connectivity index is 2.04. The van der Waals surface area contributed by atoms with Gasteiger partial charge in [0.05, 0.1) is 6.20 Å². The molecular formula is C10H15N3O. The number of hydrogen-bond acceptors (Lipinski definition) is 2. The van der Waals surface area contributed by atoms with Gasteiger partial charge in [0.15, 0.2) is 0 Å². The normalized spacial score (nSPS) is 21.3. The number of carbonyl (C=O) groups is 1. The Morgan fingerprint density at radius 2 is 2.50 bits per heavy atom. The molecule has 1 atom stereocenters. The van der Waals surface area contributed by atoms with Gasteiger partial charge in [0, 0.05) is 25.2 Å². The summed E-state index contributed by atoms with van der Waals surface area (Å²) in [6, 6.07) is 0.311. The molecule has 2 rings (SSSR count). The standard InChI is InChI=1S/C10H15N3O/c1-7-8(6-11-13(7)2)5-9-3-4-10(14)12-9/h6,9H,3-5H2,1-2H3,(H,12,14). The number of carbonyl (C=O) groups excluding carboxylic acids is 1. The van der Waals surface area contributed by atoms with Crippen molar-refractivity contribution in [3.63, 3.8) is 0 Å². The minimum absolute atomic E-state index is 0.177. The van der Waals surface area contributed by atoms with Crippen LogP contribution in [0.2, 0.25) is 0 Å². The van der Waals surface area contributed by atoms with E-state index in [0.717, 1.165) is 12.8 Å². The van der Waals surface area contributed by atoms with Gasteiger partial charge in [-0.2, -0.15) is 5.10 Å². The highest BCUT2D eigenvalue weighted by molar-refractivity contribution is 5.78. The van der Waals surface area contributed by atoms with E-state index in [1.54, 1.807) is 0 Å². The monoisotopic (exact) mass is 193 g/mol. The van der Waals surface area contributed by atoms with Gasteiger partial charge in [-0.05, 0) is 25.3 Å². The molecule has 0 aliphatic carbocycles. The predicted molar refractivity (Wildman–Crippen MR) is 52.8 cm³/mol. The molecule has 4 nitrogen and oxygen atoms in total. The fourth-order valence-corrected chi connectivity index (χ4v) is 1.84. The van der Waals surface area contributed by atoms with Gasteiger partial charge >= 0.3 is 0 Å². The first-order chi connectivity index (χ1) is 6.66. The van der Waals surface area contributed by atoms with Gasteiger partial charge in [-0.25, -0.2) is 0 Å². The maximum atomic E-state index is 11.0. The molecule has 1 N–H and O–H groups in total. The summed E-state index contributed by atoms with van der Waals surface area (Å²) in [7, 11) is 1.94. The van der Waals surface area contributed by atoms with E-state index in [1.165, 1.54) is 11.3 Å². The van der Waals surface area contributed by atoms with Crippen molar-refractivity contribution in [1.29, 1.82) is 0 Å². The van der Waals surface area contributed by atoms with Crippen LogP contribution in [0.4, 0.5) is 0 Å². The maximum absolute atomic E-state index is 11.0. The predicted octanol–water partition coefficient (Wildman–Crippen LogP) is 0.550. The van der Waals surface area contributed by atoms with Crippen LogP contribution in [0, 0.1) is 6.92 Å². The Hall–Kier alpha value is -1.32. The molecule has 76 valence electrons.